The van der Waals surface area contributed by atoms with Crippen molar-refractivity contribution in [3.63, 3.8) is 0 Å². The highest BCUT2D eigenvalue weighted by atomic mass is 19.2. The fraction of sp³-hybridized carbons (Fsp3) is 0.667. The zero-order chi connectivity index (χ0) is 14.8. The molecule has 2 saturated carbocycles. The molecule has 0 unspecified atom stereocenters. The van der Waals surface area contributed by atoms with Gasteiger partial charge in [-0.1, -0.05) is 6.07 Å². The van der Waals surface area contributed by atoms with E-state index in [1.807, 2.05) is 0 Å². The van der Waals surface area contributed by atoms with Crippen molar-refractivity contribution in [2.75, 3.05) is 0 Å². The minimum Gasteiger partial charge on any atom is -0.393 e. The molecule has 3 heteroatoms. The molecule has 1 N–H and O–H groups in total. The molecule has 1 aromatic carbocycles. The molecule has 0 radical (unpaired) electrons. The molecule has 116 valence electrons. The Hall–Kier alpha value is -0.960. The van der Waals surface area contributed by atoms with E-state index in [-0.39, 0.29) is 6.10 Å². The monoisotopic (exact) mass is 294 g/mol. The van der Waals surface area contributed by atoms with Gasteiger partial charge >= 0.3 is 0 Å². The number of hydrogen-bond acceptors (Lipinski definition) is 1. The maximum absolute atomic E-state index is 13.3. The summed E-state index contributed by atoms with van der Waals surface area (Å²) < 4.78 is 26.3. The van der Waals surface area contributed by atoms with Crippen LogP contribution in [-0.2, 0) is 0 Å². The molecule has 0 heterocycles. The molecule has 2 aliphatic carbocycles. The molecule has 1 nitrogen and oxygen atoms in total. The van der Waals surface area contributed by atoms with Crippen molar-refractivity contribution in [2.45, 2.75) is 63.4 Å². The van der Waals surface area contributed by atoms with E-state index >= 15 is 0 Å². The van der Waals surface area contributed by atoms with Crippen LogP contribution in [0.2, 0.25) is 0 Å². The average molecular weight is 294 g/mol. The van der Waals surface area contributed by atoms with Crippen LogP contribution in [0.1, 0.15) is 62.8 Å². The molecule has 0 saturated heterocycles. The third-order valence-electron chi connectivity index (χ3n) is 5.59. The molecular weight excluding hydrogens is 270 g/mol. The molecule has 0 bridgehead atoms. The lowest BCUT2D eigenvalue weighted by Gasteiger charge is -2.37. The Labute approximate surface area is 125 Å². The summed E-state index contributed by atoms with van der Waals surface area (Å²) >= 11 is 0. The first kappa shape index (κ1) is 15.0. The van der Waals surface area contributed by atoms with Crippen LogP contribution >= 0.6 is 0 Å². The van der Waals surface area contributed by atoms with Gasteiger partial charge in [-0.25, -0.2) is 8.78 Å². The second-order valence-corrected chi connectivity index (χ2v) is 6.85. The molecule has 3 rings (SSSR count). The molecule has 21 heavy (non-hydrogen) atoms. The summed E-state index contributed by atoms with van der Waals surface area (Å²) in [5.41, 5.74) is 0.950. The van der Waals surface area contributed by atoms with E-state index in [1.165, 1.54) is 25.0 Å². The summed E-state index contributed by atoms with van der Waals surface area (Å²) in [6.45, 7) is 0. The quantitative estimate of drug-likeness (QED) is 0.831. The fourth-order valence-corrected chi connectivity index (χ4v) is 4.26. The van der Waals surface area contributed by atoms with Crippen molar-refractivity contribution in [1.29, 1.82) is 0 Å². The molecule has 0 aromatic heterocycles. The van der Waals surface area contributed by atoms with Gasteiger partial charge in [-0.3, -0.25) is 0 Å². The standard InChI is InChI=1S/C18H24F2O/c19-17-10-7-15(11-18(17)20)14-3-1-12(2-4-14)13-5-8-16(21)9-6-13/h7,10-14,16,21H,1-6,8-9H2/t12-,13?,14-,16?. The van der Waals surface area contributed by atoms with Gasteiger partial charge in [0.05, 0.1) is 6.10 Å². The Morgan fingerprint density at radius 3 is 1.90 bits per heavy atom. The van der Waals surface area contributed by atoms with Gasteiger partial charge < -0.3 is 5.11 Å². The number of aliphatic hydroxyl groups excluding tert-OH is 1. The van der Waals surface area contributed by atoms with Gasteiger partial charge in [0.15, 0.2) is 11.6 Å². The van der Waals surface area contributed by atoms with E-state index in [4.69, 9.17) is 0 Å². The summed E-state index contributed by atoms with van der Waals surface area (Å²) in [7, 11) is 0. The Balaban J connectivity index is 1.56. The van der Waals surface area contributed by atoms with Gasteiger partial charge in [0.25, 0.3) is 0 Å². The van der Waals surface area contributed by atoms with E-state index < -0.39 is 11.6 Å². The molecular formula is C18H24F2O. The summed E-state index contributed by atoms with van der Waals surface area (Å²) in [6.07, 6.45) is 8.66. The third kappa shape index (κ3) is 3.45. The van der Waals surface area contributed by atoms with E-state index in [1.54, 1.807) is 6.07 Å². The highest BCUT2D eigenvalue weighted by Gasteiger charge is 2.30. The Bertz CT molecular complexity index is 472. The maximum Gasteiger partial charge on any atom is 0.159 e. The normalized spacial score (nSPS) is 33.9. The highest BCUT2D eigenvalue weighted by molar-refractivity contribution is 5.22. The average Bonchev–Trinajstić information content (AvgIpc) is 2.51. The topological polar surface area (TPSA) is 20.2 Å². The molecule has 1 aromatic rings. The summed E-state index contributed by atoms with van der Waals surface area (Å²) in [5.74, 6) is 0.424. The van der Waals surface area contributed by atoms with Gasteiger partial charge in [-0.05, 0) is 86.8 Å². The number of hydrogen-bond donors (Lipinski definition) is 1. The second-order valence-electron chi connectivity index (χ2n) is 6.85. The first-order chi connectivity index (χ1) is 10.1. The highest BCUT2D eigenvalue weighted by Crippen LogP contribution is 2.43. The van der Waals surface area contributed by atoms with Crippen LogP contribution in [0.5, 0.6) is 0 Å². The van der Waals surface area contributed by atoms with Crippen molar-refractivity contribution in [3.8, 4) is 0 Å². The van der Waals surface area contributed by atoms with Gasteiger partial charge in [-0.2, -0.15) is 0 Å². The predicted molar refractivity (Wildman–Crippen MR) is 79.0 cm³/mol. The van der Waals surface area contributed by atoms with Gasteiger partial charge in [0.1, 0.15) is 0 Å². The maximum atomic E-state index is 13.3. The van der Waals surface area contributed by atoms with E-state index in [0.29, 0.717) is 5.92 Å². The number of benzene rings is 1. The van der Waals surface area contributed by atoms with E-state index in [0.717, 1.165) is 55.9 Å². The number of halogens is 2. The Morgan fingerprint density at radius 2 is 1.33 bits per heavy atom. The van der Waals surface area contributed by atoms with Crippen LogP contribution in [0.3, 0.4) is 0 Å². The van der Waals surface area contributed by atoms with Crippen molar-refractivity contribution >= 4 is 0 Å². The van der Waals surface area contributed by atoms with Crippen LogP contribution in [0, 0.1) is 23.5 Å². The first-order valence-electron chi connectivity index (χ1n) is 8.26. The summed E-state index contributed by atoms with van der Waals surface area (Å²) in [6, 6.07) is 4.36. The Kier molecular flexibility index (Phi) is 4.58. The molecule has 0 aliphatic heterocycles. The largest absolute Gasteiger partial charge is 0.393 e. The van der Waals surface area contributed by atoms with Gasteiger partial charge in [0.2, 0.25) is 0 Å². The molecule has 0 amide bonds. The lowest BCUT2D eigenvalue weighted by atomic mass is 9.69. The molecule has 2 aliphatic rings. The second kappa shape index (κ2) is 6.43. The van der Waals surface area contributed by atoms with Crippen molar-refractivity contribution in [3.05, 3.63) is 35.4 Å². The van der Waals surface area contributed by atoms with Crippen LogP contribution in [0.15, 0.2) is 18.2 Å². The van der Waals surface area contributed by atoms with Crippen LogP contribution < -0.4 is 0 Å². The number of aliphatic hydroxyl groups is 1. The van der Waals surface area contributed by atoms with Crippen molar-refractivity contribution in [2.24, 2.45) is 11.8 Å². The minimum atomic E-state index is -0.756. The fourth-order valence-electron chi connectivity index (χ4n) is 4.26. The Morgan fingerprint density at radius 1 is 0.762 bits per heavy atom. The van der Waals surface area contributed by atoms with Crippen LogP contribution in [0.4, 0.5) is 8.78 Å². The zero-order valence-electron chi connectivity index (χ0n) is 12.4. The van der Waals surface area contributed by atoms with Crippen molar-refractivity contribution < 1.29 is 13.9 Å². The SMILES string of the molecule is OC1CCC([C@H]2CC[C@H](c3ccc(F)c(F)c3)CC2)CC1. The summed E-state index contributed by atoms with van der Waals surface area (Å²) in [4.78, 5) is 0. The first-order valence-corrected chi connectivity index (χ1v) is 8.26. The summed E-state index contributed by atoms with van der Waals surface area (Å²) in [5, 5.41) is 9.60. The lowest BCUT2D eigenvalue weighted by Crippen LogP contribution is -2.27. The van der Waals surface area contributed by atoms with Crippen molar-refractivity contribution in [1.82, 2.24) is 0 Å². The van der Waals surface area contributed by atoms with Gasteiger partial charge in [0, 0.05) is 0 Å². The molecule has 2 fully saturated rings. The number of rotatable bonds is 2. The third-order valence-corrected chi connectivity index (χ3v) is 5.59. The molecule has 0 atom stereocenters. The molecule has 0 spiro atoms. The zero-order valence-corrected chi connectivity index (χ0v) is 12.4. The predicted octanol–water partition coefficient (Wildman–Crippen LogP) is 4.79. The van der Waals surface area contributed by atoms with Crippen LogP contribution in [0.25, 0.3) is 0 Å². The minimum absolute atomic E-state index is 0.0835. The van der Waals surface area contributed by atoms with E-state index in [2.05, 4.69) is 0 Å². The van der Waals surface area contributed by atoms with Gasteiger partial charge in [-0.15, -0.1) is 0 Å². The van der Waals surface area contributed by atoms with E-state index in [9.17, 15) is 13.9 Å². The lowest BCUT2D eigenvalue weighted by molar-refractivity contribution is 0.0805. The van der Waals surface area contributed by atoms with Crippen LogP contribution in [-0.4, -0.2) is 11.2 Å². The smallest absolute Gasteiger partial charge is 0.159 e.